The van der Waals surface area contributed by atoms with Crippen LogP contribution in [0, 0.1) is 5.92 Å². The summed E-state index contributed by atoms with van der Waals surface area (Å²) in [7, 11) is 1.47. The molecule has 2 rings (SSSR count). The molecule has 0 aliphatic rings. The molecule has 6 heteroatoms. The first-order chi connectivity index (χ1) is 12.5. The number of carbonyl (C=O) groups is 2. The molecular formula is C20H22ClNO4. The van der Waals surface area contributed by atoms with Gasteiger partial charge in [0, 0.05) is 11.6 Å². The van der Waals surface area contributed by atoms with Crippen molar-refractivity contribution in [3.05, 3.63) is 64.7 Å². The van der Waals surface area contributed by atoms with E-state index in [1.165, 1.54) is 7.11 Å². The molecule has 1 amide bonds. The Hall–Kier alpha value is -2.53. The van der Waals surface area contributed by atoms with Crippen LogP contribution in [-0.2, 0) is 16.0 Å². The maximum absolute atomic E-state index is 12.5. The van der Waals surface area contributed by atoms with Crippen molar-refractivity contribution in [2.45, 2.75) is 13.3 Å². The molecule has 5 nitrogen and oxygen atoms in total. The highest BCUT2D eigenvalue weighted by Gasteiger charge is 2.22. The van der Waals surface area contributed by atoms with E-state index < -0.39 is 5.92 Å². The van der Waals surface area contributed by atoms with Crippen LogP contribution in [0.25, 0.3) is 0 Å². The fourth-order valence-corrected chi connectivity index (χ4v) is 2.72. The molecule has 0 aliphatic heterocycles. The van der Waals surface area contributed by atoms with Gasteiger partial charge in [0.15, 0.2) is 0 Å². The fraction of sp³-hybridized carbons (Fsp3) is 0.300. The Morgan fingerprint density at radius 1 is 1.15 bits per heavy atom. The summed E-state index contributed by atoms with van der Waals surface area (Å²) in [4.78, 5) is 24.7. The minimum Gasteiger partial charge on any atom is -0.496 e. The fourth-order valence-electron chi connectivity index (χ4n) is 2.56. The molecule has 138 valence electrons. The predicted molar refractivity (Wildman–Crippen MR) is 101 cm³/mol. The molecule has 0 fully saturated rings. The van der Waals surface area contributed by atoms with E-state index in [2.05, 4.69) is 5.32 Å². The van der Waals surface area contributed by atoms with E-state index in [-0.39, 0.29) is 18.4 Å². The second-order valence-electron chi connectivity index (χ2n) is 5.69. The molecule has 0 heterocycles. The number of hydrogen-bond acceptors (Lipinski definition) is 4. The lowest BCUT2D eigenvalue weighted by Crippen LogP contribution is -2.35. The number of benzene rings is 2. The summed E-state index contributed by atoms with van der Waals surface area (Å²) in [6.07, 6.45) is 0.484. The summed E-state index contributed by atoms with van der Waals surface area (Å²) >= 11 is 5.92. The maximum Gasteiger partial charge on any atom is 0.311 e. The summed E-state index contributed by atoms with van der Waals surface area (Å²) in [5, 5.41) is 3.27. The Labute approximate surface area is 158 Å². The first-order valence-corrected chi connectivity index (χ1v) is 8.75. The van der Waals surface area contributed by atoms with Crippen LogP contribution in [0.3, 0.4) is 0 Å². The van der Waals surface area contributed by atoms with Crippen molar-refractivity contribution in [1.29, 1.82) is 0 Å². The highest BCUT2D eigenvalue weighted by Crippen LogP contribution is 2.23. The van der Waals surface area contributed by atoms with Gasteiger partial charge >= 0.3 is 5.97 Å². The molecule has 0 spiro atoms. The number of nitrogens with one attached hydrogen (secondary N) is 1. The Kier molecular flexibility index (Phi) is 7.48. The standard InChI is InChI=1S/C20H22ClNO4/c1-3-26-20(24)15(11-14-7-5-4-6-8-14)13-22-19(23)17-10-9-16(21)12-18(17)25-2/h4-10,12,15H,3,11,13H2,1-2H3,(H,22,23). The molecular weight excluding hydrogens is 354 g/mol. The van der Waals surface area contributed by atoms with E-state index in [9.17, 15) is 9.59 Å². The molecule has 1 atom stereocenters. The molecule has 2 aromatic rings. The molecule has 26 heavy (non-hydrogen) atoms. The summed E-state index contributed by atoms with van der Waals surface area (Å²) in [6, 6.07) is 14.4. The summed E-state index contributed by atoms with van der Waals surface area (Å²) in [6.45, 7) is 2.22. The topological polar surface area (TPSA) is 64.6 Å². The van der Waals surface area contributed by atoms with Gasteiger partial charge in [-0.25, -0.2) is 0 Å². The lowest BCUT2D eigenvalue weighted by Gasteiger charge is -2.17. The zero-order valence-electron chi connectivity index (χ0n) is 14.8. The monoisotopic (exact) mass is 375 g/mol. The molecule has 0 bridgehead atoms. The summed E-state index contributed by atoms with van der Waals surface area (Å²) in [5.74, 6) is -0.758. The molecule has 0 aromatic heterocycles. The summed E-state index contributed by atoms with van der Waals surface area (Å²) in [5.41, 5.74) is 1.36. The normalized spacial score (nSPS) is 11.5. The van der Waals surface area contributed by atoms with Crippen molar-refractivity contribution >= 4 is 23.5 Å². The van der Waals surface area contributed by atoms with Crippen LogP contribution in [0.4, 0.5) is 0 Å². The lowest BCUT2D eigenvalue weighted by atomic mass is 9.99. The van der Waals surface area contributed by atoms with Gasteiger partial charge in [-0.1, -0.05) is 41.9 Å². The average Bonchev–Trinajstić information content (AvgIpc) is 2.65. The van der Waals surface area contributed by atoms with Gasteiger partial charge in [0.05, 0.1) is 25.2 Å². The first-order valence-electron chi connectivity index (χ1n) is 8.37. The number of carbonyl (C=O) groups excluding carboxylic acids is 2. The Morgan fingerprint density at radius 3 is 2.54 bits per heavy atom. The van der Waals surface area contributed by atoms with E-state index in [1.807, 2.05) is 30.3 Å². The number of rotatable bonds is 8. The largest absolute Gasteiger partial charge is 0.496 e. The smallest absolute Gasteiger partial charge is 0.311 e. The highest BCUT2D eigenvalue weighted by atomic mass is 35.5. The maximum atomic E-state index is 12.5. The van der Waals surface area contributed by atoms with Gasteiger partial charge in [0.2, 0.25) is 0 Å². The number of halogens is 1. The van der Waals surface area contributed by atoms with Crippen molar-refractivity contribution < 1.29 is 19.1 Å². The van der Waals surface area contributed by atoms with Crippen LogP contribution in [-0.4, -0.2) is 32.1 Å². The average molecular weight is 376 g/mol. The van der Waals surface area contributed by atoms with Crippen LogP contribution in [0.2, 0.25) is 5.02 Å². The molecule has 1 unspecified atom stereocenters. The molecule has 0 saturated heterocycles. The Balaban J connectivity index is 2.08. The van der Waals surface area contributed by atoms with Gasteiger partial charge in [-0.2, -0.15) is 0 Å². The van der Waals surface area contributed by atoms with Crippen molar-refractivity contribution in [1.82, 2.24) is 5.32 Å². The lowest BCUT2D eigenvalue weighted by molar-refractivity contribution is -0.147. The quantitative estimate of drug-likeness (QED) is 0.717. The van der Waals surface area contributed by atoms with Crippen LogP contribution in [0.5, 0.6) is 5.75 Å². The van der Waals surface area contributed by atoms with Crippen LogP contribution < -0.4 is 10.1 Å². The zero-order chi connectivity index (χ0) is 18.9. The minimum absolute atomic E-state index is 0.165. The second kappa shape index (κ2) is 9.82. The third kappa shape index (κ3) is 5.49. The van der Waals surface area contributed by atoms with Gasteiger partial charge in [-0.15, -0.1) is 0 Å². The minimum atomic E-state index is -0.473. The highest BCUT2D eigenvalue weighted by molar-refractivity contribution is 6.30. The number of methoxy groups -OCH3 is 1. The van der Waals surface area contributed by atoms with Gasteiger partial charge in [-0.3, -0.25) is 9.59 Å². The number of amides is 1. The van der Waals surface area contributed by atoms with Crippen LogP contribution in [0.1, 0.15) is 22.8 Å². The molecule has 1 N–H and O–H groups in total. The van der Waals surface area contributed by atoms with E-state index >= 15 is 0 Å². The van der Waals surface area contributed by atoms with Crippen molar-refractivity contribution in [2.75, 3.05) is 20.3 Å². The predicted octanol–water partition coefficient (Wildman–Crippen LogP) is 3.50. The van der Waals surface area contributed by atoms with Gasteiger partial charge < -0.3 is 14.8 Å². The van der Waals surface area contributed by atoms with Crippen LogP contribution in [0.15, 0.2) is 48.5 Å². The van der Waals surface area contributed by atoms with Crippen LogP contribution >= 0.6 is 11.6 Å². The zero-order valence-corrected chi connectivity index (χ0v) is 15.6. The third-order valence-electron chi connectivity index (χ3n) is 3.86. The first kappa shape index (κ1) is 19.8. The number of hydrogen-bond donors (Lipinski definition) is 1. The van der Waals surface area contributed by atoms with E-state index in [4.69, 9.17) is 21.1 Å². The van der Waals surface area contributed by atoms with E-state index in [0.29, 0.717) is 29.4 Å². The molecule has 0 aliphatic carbocycles. The van der Waals surface area contributed by atoms with Gasteiger partial charge in [0.25, 0.3) is 5.91 Å². The van der Waals surface area contributed by atoms with Gasteiger partial charge in [-0.05, 0) is 37.1 Å². The van der Waals surface area contributed by atoms with E-state index in [0.717, 1.165) is 5.56 Å². The summed E-state index contributed by atoms with van der Waals surface area (Å²) < 4.78 is 10.3. The van der Waals surface area contributed by atoms with Gasteiger partial charge in [0.1, 0.15) is 5.75 Å². The van der Waals surface area contributed by atoms with Crippen molar-refractivity contribution in [2.24, 2.45) is 5.92 Å². The SMILES string of the molecule is CCOC(=O)C(CNC(=O)c1ccc(Cl)cc1OC)Cc1ccccc1. The third-order valence-corrected chi connectivity index (χ3v) is 4.10. The Bertz CT molecular complexity index is 749. The van der Waals surface area contributed by atoms with Crippen molar-refractivity contribution in [3.63, 3.8) is 0 Å². The van der Waals surface area contributed by atoms with Crippen molar-refractivity contribution in [3.8, 4) is 5.75 Å². The Morgan fingerprint density at radius 2 is 1.88 bits per heavy atom. The molecule has 0 radical (unpaired) electrons. The number of ether oxygens (including phenoxy) is 2. The molecule has 0 saturated carbocycles. The number of esters is 1. The second-order valence-corrected chi connectivity index (χ2v) is 6.13. The van der Waals surface area contributed by atoms with E-state index in [1.54, 1.807) is 25.1 Å². The molecule has 2 aromatic carbocycles.